The topological polar surface area (TPSA) is 28.2 Å². The van der Waals surface area contributed by atoms with Gasteiger partial charge in [-0.3, -0.25) is 9.88 Å². The van der Waals surface area contributed by atoms with Crippen LogP contribution < -0.4 is 5.32 Å². The highest BCUT2D eigenvalue weighted by atomic mass is 35.5. The summed E-state index contributed by atoms with van der Waals surface area (Å²) >= 11 is 6.08. The van der Waals surface area contributed by atoms with Gasteiger partial charge in [-0.15, -0.1) is 12.4 Å². The molecule has 21 heavy (non-hydrogen) atoms. The Labute approximate surface area is 136 Å². The first-order valence-corrected chi connectivity index (χ1v) is 7.30. The van der Waals surface area contributed by atoms with Crippen LogP contribution in [0.25, 0.3) is 0 Å². The van der Waals surface area contributed by atoms with E-state index in [4.69, 9.17) is 11.6 Å². The van der Waals surface area contributed by atoms with E-state index in [1.165, 1.54) is 11.1 Å². The summed E-state index contributed by atoms with van der Waals surface area (Å²) in [5, 5.41) is 4.28. The van der Waals surface area contributed by atoms with Crippen LogP contribution in [0.5, 0.6) is 0 Å². The second kappa shape index (κ2) is 7.76. The fourth-order valence-corrected chi connectivity index (χ4v) is 2.93. The normalized spacial score (nSPS) is 19.0. The van der Waals surface area contributed by atoms with Gasteiger partial charge in [-0.25, -0.2) is 0 Å². The molecule has 3 rings (SSSR count). The third-order valence-corrected chi connectivity index (χ3v) is 3.95. The van der Waals surface area contributed by atoms with E-state index < -0.39 is 0 Å². The van der Waals surface area contributed by atoms with Gasteiger partial charge in [0, 0.05) is 49.6 Å². The van der Waals surface area contributed by atoms with E-state index in [-0.39, 0.29) is 12.4 Å². The van der Waals surface area contributed by atoms with Gasteiger partial charge >= 0.3 is 0 Å². The molecule has 2 heterocycles. The van der Waals surface area contributed by atoms with Gasteiger partial charge < -0.3 is 5.32 Å². The first-order valence-electron chi connectivity index (χ1n) is 6.92. The first-order chi connectivity index (χ1) is 9.83. The van der Waals surface area contributed by atoms with Gasteiger partial charge in [-0.1, -0.05) is 23.7 Å². The number of nitrogens with one attached hydrogen (secondary N) is 1. The molecule has 1 fully saturated rings. The fourth-order valence-electron chi connectivity index (χ4n) is 2.72. The molecule has 0 radical (unpaired) electrons. The fraction of sp³-hybridized carbons (Fsp3) is 0.312. The maximum Gasteiger partial charge on any atom is 0.0477 e. The van der Waals surface area contributed by atoms with Crippen LogP contribution in [0, 0.1) is 0 Å². The third-order valence-electron chi connectivity index (χ3n) is 3.72. The molecule has 112 valence electrons. The SMILES string of the molecule is Cl.Clc1cccc(CN2CCNCC2c2ccncc2)c1. The maximum atomic E-state index is 6.08. The molecule has 3 nitrogen and oxygen atoms in total. The number of hydrogen-bond donors (Lipinski definition) is 1. The van der Waals surface area contributed by atoms with E-state index in [0.717, 1.165) is 31.2 Å². The van der Waals surface area contributed by atoms with Gasteiger partial charge in [0.25, 0.3) is 0 Å². The third kappa shape index (κ3) is 4.17. The number of rotatable bonds is 3. The summed E-state index contributed by atoms with van der Waals surface area (Å²) in [7, 11) is 0. The van der Waals surface area contributed by atoms with Gasteiger partial charge in [0.2, 0.25) is 0 Å². The van der Waals surface area contributed by atoms with Crippen molar-refractivity contribution in [1.82, 2.24) is 15.2 Å². The second-order valence-electron chi connectivity index (χ2n) is 5.10. The average molecular weight is 324 g/mol. The molecule has 1 aliphatic heterocycles. The van der Waals surface area contributed by atoms with Crippen molar-refractivity contribution in [3.05, 3.63) is 64.9 Å². The van der Waals surface area contributed by atoms with E-state index in [0.29, 0.717) is 6.04 Å². The number of nitrogens with zero attached hydrogens (tertiary/aromatic N) is 2. The Morgan fingerprint density at radius 3 is 2.81 bits per heavy atom. The van der Waals surface area contributed by atoms with Crippen LogP contribution in [0.3, 0.4) is 0 Å². The Morgan fingerprint density at radius 1 is 1.24 bits per heavy atom. The standard InChI is InChI=1S/C16H18ClN3.ClH/c17-15-3-1-2-13(10-15)12-20-9-8-19-11-16(20)14-4-6-18-7-5-14;/h1-7,10,16,19H,8-9,11-12H2;1H. The summed E-state index contributed by atoms with van der Waals surface area (Å²) < 4.78 is 0. The zero-order valence-electron chi connectivity index (χ0n) is 11.7. The largest absolute Gasteiger partial charge is 0.314 e. The summed E-state index contributed by atoms with van der Waals surface area (Å²) in [4.78, 5) is 6.60. The van der Waals surface area contributed by atoms with Crippen LogP contribution in [0.2, 0.25) is 5.02 Å². The van der Waals surface area contributed by atoms with Crippen molar-refractivity contribution in [2.24, 2.45) is 0 Å². The number of benzene rings is 1. The van der Waals surface area contributed by atoms with Crippen molar-refractivity contribution in [3.8, 4) is 0 Å². The van der Waals surface area contributed by atoms with E-state index in [9.17, 15) is 0 Å². The highest BCUT2D eigenvalue weighted by Gasteiger charge is 2.23. The van der Waals surface area contributed by atoms with Gasteiger partial charge in [0.1, 0.15) is 0 Å². The molecule has 0 amide bonds. The lowest BCUT2D eigenvalue weighted by Crippen LogP contribution is -2.45. The average Bonchev–Trinajstić information content (AvgIpc) is 2.49. The highest BCUT2D eigenvalue weighted by Crippen LogP contribution is 2.24. The van der Waals surface area contributed by atoms with Crippen LogP contribution in [0.4, 0.5) is 0 Å². The molecule has 5 heteroatoms. The molecule has 1 saturated heterocycles. The Morgan fingerprint density at radius 2 is 2.05 bits per heavy atom. The zero-order chi connectivity index (χ0) is 13.8. The molecule has 1 unspecified atom stereocenters. The van der Waals surface area contributed by atoms with Gasteiger partial charge in [0.15, 0.2) is 0 Å². The molecule has 1 aromatic carbocycles. The molecule has 0 aliphatic carbocycles. The molecule has 1 aliphatic rings. The quantitative estimate of drug-likeness (QED) is 0.939. The monoisotopic (exact) mass is 323 g/mol. The smallest absolute Gasteiger partial charge is 0.0477 e. The van der Waals surface area contributed by atoms with Crippen molar-refractivity contribution in [2.75, 3.05) is 19.6 Å². The van der Waals surface area contributed by atoms with Gasteiger partial charge in [0.05, 0.1) is 0 Å². The van der Waals surface area contributed by atoms with Gasteiger partial charge in [-0.2, -0.15) is 0 Å². The van der Waals surface area contributed by atoms with Crippen molar-refractivity contribution in [2.45, 2.75) is 12.6 Å². The van der Waals surface area contributed by atoms with Crippen LogP contribution in [-0.2, 0) is 6.54 Å². The molecule has 0 saturated carbocycles. The maximum absolute atomic E-state index is 6.08. The molecule has 1 atom stereocenters. The molecule has 1 N–H and O–H groups in total. The molecule has 0 bridgehead atoms. The van der Waals surface area contributed by atoms with E-state index in [2.05, 4.69) is 33.4 Å². The van der Waals surface area contributed by atoms with Crippen molar-refractivity contribution in [1.29, 1.82) is 0 Å². The number of aromatic nitrogens is 1. The lowest BCUT2D eigenvalue weighted by Gasteiger charge is -2.36. The summed E-state index contributed by atoms with van der Waals surface area (Å²) in [5.41, 5.74) is 2.58. The minimum absolute atomic E-state index is 0. The second-order valence-corrected chi connectivity index (χ2v) is 5.54. The Bertz CT molecular complexity index is 562. The number of halogens is 2. The van der Waals surface area contributed by atoms with E-state index >= 15 is 0 Å². The molecular formula is C16H19Cl2N3. The minimum atomic E-state index is 0. The highest BCUT2D eigenvalue weighted by molar-refractivity contribution is 6.30. The number of pyridine rings is 1. The van der Waals surface area contributed by atoms with E-state index in [1.54, 1.807) is 0 Å². The lowest BCUT2D eigenvalue weighted by atomic mass is 10.0. The summed E-state index contributed by atoms with van der Waals surface area (Å²) in [5.74, 6) is 0. The number of piperazine rings is 1. The summed E-state index contributed by atoms with van der Waals surface area (Å²) in [6, 6.07) is 12.7. The molecular weight excluding hydrogens is 305 g/mol. The predicted octanol–water partition coefficient (Wildman–Crippen LogP) is 3.30. The van der Waals surface area contributed by atoms with Crippen molar-refractivity contribution in [3.63, 3.8) is 0 Å². The van der Waals surface area contributed by atoms with Crippen LogP contribution in [-0.4, -0.2) is 29.5 Å². The first kappa shape index (κ1) is 16.2. The molecule has 1 aromatic heterocycles. The van der Waals surface area contributed by atoms with Crippen LogP contribution in [0.15, 0.2) is 48.8 Å². The molecule has 0 spiro atoms. The van der Waals surface area contributed by atoms with Crippen molar-refractivity contribution < 1.29 is 0 Å². The van der Waals surface area contributed by atoms with Crippen molar-refractivity contribution >= 4 is 24.0 Å². The van der Waals surface area contributed by atoms with Crippen LogP contribution >= 0.6 is 24.0 Å². The predicted molar refractivity (Wildman–Crippen MR) is 89.0 cm³/mol. The Balaban J connectivity index is 0.00000161. The lowest BCUT2D eigenvalue weighted by molar-refractivity contribution is 0.153. The summed E-state index contributed by atoms with van der Waals surface area (Å²) in [6.45, 7) is 3.97. The zero-order valence-corrected chi connectivity index (χ0v) is 13.3. The summed E-state index contributed by atoms with van der Waals surface area (Å²) in [6.07, 6.45) is 3.73. The Kier molecular flexibility index (Phi) is 6.00. The van der Waals surface area contributed by atoms with Gasteiger partial charge in [-0.05, 0) is 35.4 Å². The van der Waals surface area contributed by atoms with E-state index in [1.807, 2.05) is 30.6 Å². The Hall–Kier alpha value is -1.13. The number of hydrogen-bond acceptors (Lipinski definition) is 3. The van der Waals surface area contributed by atoms with Crippen LogP contribution in [0.1, 0.15) is 17.2 Å². The molecule has 2 aromatic rings. The minimum Gasteiger partial charge on any atom is -0.314 e.